The standard InChI is InChI=1S/C11H16O3S/c1-7(2)10-5-6-11(14-15(12)13)9(4)8(10)3/h5-7H,1-4H3,(H,12,13). The molecule has 0 heterocycles. The molecule has 0 aliphatic rings. The molecule has 1 atom stereocenters. The van der Waals surface area contributed by atoms with Crippen molar-refractivity contribution < 1.29 is 12.9 Å². The highest BCUT2D eigenvalue weighted by Gasteiger charge is 2.11. The molecule has 1 unspecified atom stereocenters. The summed E-state index contributed by atoms with van der Waals surface area (Å²) in [4.78, 5) is 0. The van der Waals surface area contributed by atoms with E-state index in [0.717, 1.165) is 11.1 Å². The van der Waals surface area contributed by atoms with E-state index in [1.807, 2.05) is 19.9 Å². The maximum absolute atomic E-state index is 10.5. The molecule has 0 spiro atoms. The van der Waals surface area contributed by atoms with Crippen LogP contribution in [0.3, 0.4) is 0 Å². The average molecular weight is 228 g/mol. The van der Waals surface area contributed by atoms with E-state index < -0.39 is 11.4 Å². The van der Waals surface area contributed by atoms with Gasteiger partial charge < -0.3 is 4.18 Å². The van der Waals surface area contributed by atoms with Crippen molar-refractivity contribution in [3.63, 3.8) is 0 Å². The minimum Gasteiger partial charge on any atom is -0.380 e. The summed E-state index contributed by atoms with van der Waals surface area (Å²) in [5.41, 5.74) is 3.28. The summed E-state index contributed by atoms with van der Waals surface area (Å²) in [7, 11) is 0. The van der Waals surface area contributed by atoms with Gasteiger partial charge in [0.05, 0.1) is 0 Å². The second-order valence-corrected chi connectivity index (χ2v) is 4.46. The Morgan fingerprint density at radius 3 is 2.33 bits per heavy atom. The van der Waals surface area contributed by atoms with Gasteiger partial charge in [-0.25, -0.2) is 0 Å². The van der Waals surface area contributed by atoms with Crippen molar-refractivity contribution in [2.75, 3.05) is 0 Å². The minimum atomic E-state index is -2.25. The molecule has 0 aliphatic heterocycles. The van der Waals surface area contributed by atoms with Gasteiger partial charge in [0.25, 0.3) is 0 Å². The van der Waals surface area contributed by atoms with Gasteiger partial charge in [-0.05, 0) is 42.5 Å². The van der Waals surface area contributed by atoms with Crippen molar-refractivity contribution in [3.8, 4) is 5.75 Å². The lowest BCUT2D eigenvalue weighted by molar-refractivity contribution is 0.456. The first-order valence-electron chi connectivity index (χ1n) is 4.82. The monoisotopic (exact) mass is 228 g/mol. The zero-order valence-corrected chi connectivity index (χ0v) is 10.2. The number of hydrogen-bond acceptors (Lipinski definition) is 2. The van der Waals surface area contributed by atoms with Gasteiger partial charge in [0.15, 0.2) is 0 Å². The molecular formula is C11H16O3S. The van der Waals surface area contributed by atoms with Crippen LogP contribution < -0.4 is 4.18 Å². The molecule has 0 saturated heterocycles. The third-order valence-electron chi connectivity index (χ3n) is 2.56. The molecule has 0 bridgehead atoms. The fourth-order valence-corrected chi connectivity index (χ4v) is 1.94. The lowest BCUT2D eigenvalue weighted by atomic mass is 9.94. The summed E-state index contributed by atoms with van der Waals surface area (Å²) < 4.78 is 24.0. The summed E-state index contributed by atoms with van der Waals surface area (Å²) in [6.45, 7) is 8.13. The second-order valence-electron chi connectivity index (χ2n) is 3.86. The van der Waals surface area contributed by atoms with E-state index in [-0.39, 0.29) is 0 Å². The van der Waals surface area contributed by atoms with Crippen LogP contribution in [0.25, 0.3) is 0 Å². The van der Waals surface area contributed by atoms with Crippen LogP contribution in [0.15, 0.2) is 12.1 Å². The Bertz CT molecular complexity index is 386. The van der Waals surface area contributed by atoms with Crippen molar-refractivity contribution in [2.24, 2.45) is 0 Å². The first-order chi connectivity index (χ1) is 6.93. The van der Waals surface area contributed by atoms with Crippen molar-refractivity contribution in [1.82, 2.24) is 0 Å². The van der Waals surface area contributed by atoms with E-state index >= 15 is 0 Å². The molecule has 1 aromatic rings. The number of hydrogen-bond donors (Lipinski definition) is 1. The summed E-state index contributed by atoms with van der Waals surface area (Å²) in [5, 5.41) is 0. The summed E-state index contributed by atoms with van der Waals surface area (Å²) >= 11 is -2.25. The van der Waals surface area contributed by atoms with Crippen LogP contribution in [0.4, 0.5) is 0 Å². The maximum Gasteiger partial charge on any atom is 0.357 e. The average Bonchev–Trinajstić information content (AvgIpc) is 2.12. The van der Waals surface area contributed by atoms with Crippen LogP contribution in [0.2, 0.25) is 0 Å². The highest BCUT2D eigenvalue weighted by atomic mass is 32.2. The predicted octanol–water partition coefficient (Wildman–Crippen LogP) is 2.94. The molecule has 0 fully saturated rings. The van der Waals surface area contributed by atoms with Gasteiger partial charge in [0.1, 0.15) is 5.75 Å². The summed E-state index contributed by atoms with van der Waals surface area (Å²) in [6, 6.07) is 3.68. The molecular weight excluding hydrogens is 212 g/mol. The Balaban J connectivity index is 3.15. The Morgan fingerprint density at radius 1 is 1.27 bits per heavy atom. The fourth-order valence-electron chi connectivity index (χ4n) is 1.61. The quantitative estimate of drug-likeness (QED) is 0.809. The van der Waals surface area contributed by atoms with Crippen LogP contribution in [0, 0.1) is 13.8 Å². The van der Waals surface area contributed by atoms with E-state index in [0.29, 0.717) is 11.7 Å². The van der Waals surface area contributed by atoms with Crippen LogP contribution in [0.1, 0.15) is 36.5 Å². The molecule has 15 heavy (non-hydrogen) atoms. The highest BCUT2D eigenvalue weighted by Crippen LogP contribution is 2.28. The van der Waals surface area contributed by atoms with E-state index in [9.17, 15) is 4.21 Å². The second kappa shape index (κ2) is 4.77. The molecule has 1 aromatic carbocycles. The third kappa shape index (κ3) is 2.79. The van der Waals surface area contributed by atoms with Gasteiger partial charge in [-0.2, -0.15) is 4.21 Å². The Labute approximate surface area is 93.0 Å². The number of benzene rings is 1. The molecule has 1 N–H and O–H groups in total. The van der Waals surface area contributed by atoms with E-state index in [2.05, 4.69) is 13.8 Å². The summed E-state index contributed by atoms with van der Waals surface area (Å²) in [6.07, 6.45) is 0. The molecule has 0 saturated carbocycles. The zero-order chi connectivity index (χ0) is 11.6. The first-order valence-corrected chi connectivity index (χ1v) is 5.86. The van der Waals surface area contributed by atoms with Crippen LogP contribution in [-0.4, -0.2) is 8.76 Å². The van der Waals surface area contributed by atoms with Crippen molar-refractivity contribution in [3.05, 3.63) is 28.8 Å². The lowest BCUT2D eigenvalue weighted by Gasteiger charge is -2.14. The highest BCUT2D eigenvalue weighted by molar-refractivity contribution is 7.74. The molecule has 0 radical (unpaired) electrons. The van der Waals surface area contributed by atoms with Gasteiger partial charge in [-0.1, -0.05) is 19.9 Å². The van der Waals surface area contributed by atoms with Crippen LogP contribution in [-0.2, 0) is 11.4 Å². The van der Waals surface area contributed by atoms with Crippen molar-refractivity contribution in [2.45, 2.75) is 33.6 Å². The largest absolute Gasteiger partial charge is 0.380 e. The minimum absolute atomic E-state index is 0.442. The molecule has 0 amide bonds. The van der Waals surface area contributed by atoms with E-state index in [4.69, 9.17) is 8.74 Å². The molecule has 4 heteroatoms. The molecule has 0 aliphatic carbocycles. The summed E-state index contributed by atoms with van der Waals surface area (Å²) in [5.74, 6) is 0.912. The van der Waals surface area contributed by atoms with Gasteiger partial charge in [0, 0.05) is 0 Å². The normalized spacial score (nSPS) is 12.9. The zero-order valence-electron chi connectivity index (χ0n) is 9.40. The Morgan fingerprint density at radius 2 is 1.87 bits per heavy atom. The van der Waals surface area contributed by atoms with Crippen molar-refractivity contribution in [1.29, 1.82) is 0 Å². The van der Waals surface area contributed by atoms with Gasteiger partial charge in [-0.3, -0.25) is 4.55 Å². The molecule has 3 nitrogen and oxygen atoms in total. The lowest BCUT2D eigenvalue weighted by Crippen LogP contribution is -2.02. The van der Waals surface area contributed by atoms with Gasteiger partial charge >= 0.3 is 11.4 Å². The topological polar surface area (TPSA) is 46.5 Å². The number of rotatable bonds is 3. The van der Waals surface area contributed by atoms with Crippen molar-refractivity contribution >= 4 is 11.4 Å². The van der Waals surface area contributed by atoms with Crippen LogP contribution in [0.5, 0.6) is 5.75 Å². The fraction of sp³-hybridized carbons (Fsp3) is 0.455. The molecule has 84 valence electrons. The van der Waals surface area contributed by atoms with E-state index in [1.54, 1.807) is 6.07 Å². The maximum atomic E-state index is 10.5. The van der Waals surface area contributed by atoms with Gasteiger partial charge in [0.2, 0.25) is 0 Å². The SMILES string of the molecule is Cc1c(OS(=O)O)ccc(C(C)C)c1C. The van der Waals surface area contributed by atoms with Gasteiger partial charge in [-0.15, -0.1) is 0 Å². The Hall–Kier alpha value is -0.870. The van der Waals surface area contributed by atoms with E-state index in [1.165, 1.54) is 5.56 Å². The predicted molar refractivity (Wildman–Crippen MR) is 61.4 cm³/mol. The third-order valence-corrected chi connectivity index (χ3v) is 2.88. The van der Waals surface area contributed by atoms with Crippen LogP contribution >= 0.6 is 0 Å². The smallest absolute Gasteiger partial charge is 0.357 e. The molecule has 0 aromatic heterocycles. The molecule has 1 rings (SSSR count). The first kappa shape index (κ1) is 12.2. The Kier molecular flexibility index (Phi) is 3.88.